The molecule has 1 amide bonds. The van der Waals surface area contributed by atoms with Gasteiger partial charge in [0.2, 0.25) is 0 Å². The van der Waals surface area contributed by atoms with Gasteiger partial charge in [-0.1, -0.05) is 17.7 Å². The summed E-state index contributed by atoms with van der Waals surface area (Å²) in [4.78, 5) is 12.1. The predicted molar refractivity (Wildman–Crippen MR) is 81.9 cm³/mol. The van der Waals surface area contributed by atoms with E-state index in [1.807, 2.05) is 12.1 Å². The Morgan fingerprint density at radius 2 is 2.43 bits per heavy atom. The number of aromatic nitrogens is 2. The van der Waals surface area contributed by atoms with Crippen LogP contribution in [0.25, 0.3) is 5.69 Å². The van der Waals surface area contributed by atoms with Crippen LogP contribution in [0.3, 0.4) is 0 Å². The van der Waals surface area contributed by atoms with Crippen LogP contribution >= 0.6 is 11.6 Å². The van der Waals surface area contributed by atoms with Gasteiger partial charge in [0.15, 0.2) is 0 Å². The average molecular weight is 305 g/mol. The van der Waals surface area contributed by atoms with Gasteiger partial charge >= 0.3 is 0 Å². The maximum Gasteiger partial charge on any atom is 0.254 e. The SMILES string of the molecule is O=C(NCC1CCCN1)c1cnn(-c2cccc(Cl)c2)c1. The molecule has 1 atom stereocenters. The largest absolute Gasteiger partial charge is 0.350 e. The molecule has 1 aromatic heterocycles. The maximum absolute atomic E-state index is 12.1. The fourth-order valence-electron chi connectivity index (χ4n) is 2.45. The highest BCUT2D eigenvalue weighted by Gasteiger charge is 2.16. The predicted octanol–water partition coefficient (Wildman–Crippen LogP) is 2.01. The number of hydrogen-bond acceptors (Lipinski definition) is 3. The summed E-state index contributed by atoms with van der Waals surface area (Å²) in [6.07, 6.45) is 5.57. The van der Waals surface area contributed by atoms with E-state index in [9.17, 15) is 4.79 Å². The summed E-state index contributed by atoms with van der Waals surface area (Å²) >= 11 is 5.96. The Morgan fingerprint density at radius 1 is 1.52 bits per heavy atom. The monoisotopic (exact) mass is 304 g/mol. The first-order valence-electron chi connectivity index (χ1n) is 7.04. The van der Waals surface area contributed by atoms with Crippen molar-refractivity contribution in [3.05, 3.63) is 47.2 Å². The van der Waals surface area contributed by atoms with E-state index in [1.54, 1.807) is 29.2 Å². The lowest BCUT2D eigenvalue weighted by atomic mass is 10.2. The Kier molecular flexibility index (Phi) is 4.22. The van der Waals surface area contributed by atoms with Crippen molar-refractivity contribution in [3.8, 4) is 5.69 Å². The summed E-state index contributed by atoms with van der Waals surface area (Å²) in [6.45, 7) is 1.69. The molecule has 1 aliphatic heterocycles. The summed E-state index contributed by atoms with van der Waals surface area (Å²) in [6, 6.07) is 7.74. The second-order valence-corrected chi connectivity index (χ2v) is 5.59. The zero-order chi connectivity index (χ0) is 14.7. The molecule has 1 fully saturated rings. The lowest BCUT2D eigenvalue weighted by Gasteiger charge is -2.10. The van der Waals surface area contributed by atoms with Crippen LogP contribution in [0.15, 0.2) is 36.7 Å². The Morgan fingerprint density at radius 3 is 3.19 bits per heavy atom. The van der Waals surface area contributed by atoms with Crippen molar-refractivity contribution in [1.82, 2.24) is 20.4 Å². The standard InChI is InChI=1S/C15H17ClN4O/c16-12-3-1-5-14(7-12)20-10-11(8-19-20)15(21)18-9-13-4-2-6-17-13/h1,3,5,7-8,10,13,17H,2,4,6,9H2,(H,18,21). The van der Waals surface area contributed by atoms with Gasteiger partial charge in [-0.15, -0.1) is 0 Å². The quantitative estimate of drug-likeness (QED) is 0.908. The second-order valence-electron chi connectivity index (χ2n) is 5.16. The zero-order valence-electron chi connectivity index (χ0n) is 11.6. The van der Waals surface area contributed by atoms with Crippen molar-refractivity contribution < 1.29 is 4.79 Å². The third-order valence-electron chi connectivity index (χ3n) is 3.59. The lowest BCUT2D eigenvalue weighted by Crippen LogP contribution is -2.37. The van der Waals surface area contributed by atoms with Crippen LogP contribution in [-0.2, 0) is 0 Å². The van der Waals surface area contributed by atoms with E-state index in [0.717, 1.165) is 18.7 Å². The molecule has 2 aromatic rings. The van der Waals surface area contributed by atoms with E-state index in [0.29, 0.717) is 23.2 Å². The van der Waals surface area contributed by atoms with E-state index in [1.165, 1.54) is 6.42 Å². The molecule has 1 aliphatic rings. The van der Waals surface area contributed by atoms with Crippen molar-refractivity contribution in [2.24, 2.45) is 0 Å². The molecule has 2 heterocycles. The fourth-order valence-corrected chi connectivity index (χ4v) is 2.63. The van der Waals surface area contributed by atoms with Gasteiger partial charge in [-0.2, -0.15) is 5.10 Å². The molecule has 0 bridgehead atoms. The Hall–Kier alpha value is -1.85. The van der Waals surface area contributed by atoms with Crippen LogP contribution in [-0.4, -0.2) is 34.8 Å². The van der Waals surface area contributed by atoms with Crippen LogP contribution in [0.5, 0.6) is 0 Å². The fraction of sp³-hybridized carbons (Fsp3) is 0.333. The normalized spacial score (nSPS) is 17.9. The van der Waals surface area contributed by atoms with E-state index >= 15 is 0 Å². The van der Waals surface area contributed by atoms with Crippen molar-refractivity contribution in [2.75, 3.05) is 13.1 Å². The summed E-state index contributed by atoms with van der Waals surface area (Å²) < 4.78 is 1.65. The summed E-state index contributed by atoms with van der Waals surface area (Å²) in [5.74, 6) is -0.100. The van der Waals surface area contributed by atoms with Gasteiger partial charge in [-0.3, -0.25) is 4.79 Å². The van der Waals surface area contributed by atoms with Crippen molar-refractivity contribution >= 4 is 17.5 Å². The summed E-state index contributed by atoms with van der Waals surface area (Å²) in [5.41, 5.74) is 1.38. The number of benzene rings is 1. The van der Waals surface area contributed by atoms with Gasteiger partial charge in [0.25, 0.3) is 5.91 Å². The number of amides is 1. The molecule has 3 rings (SSSR count). The minimum atomic E-state index is -0.100. The number of halogens is 1. The molecule has 0 radical (unpaired) electrons. The number of carbonyl (C=O) groups is 1. The first-order valence-corrected chi connectivity index (χ1v) is 7.42. The minimum absolute atomic E-state index is 0.100. The first-order chi connectivity index (χ1) is 10.2. The van der Waals surface area contributed by atoms with Gasteiger partial charge in [-0.05, 0) is 37.6 Å². The summed E-state index contributed by atoms with van der Waals surface area (Å²) in [7, 11) is 0. The molecular weight excluding hydrogens is 288 g/mol. The molecule has 5 nitrogen and oxygen atoms in total. The third kappa shape index (κ3) is 3.43. The molecule has 6 heteroatoms. The number of rotatable bonds is 4. The molecule has 0 aliphatic carbocycles. The third-order valence-corrected chi connectivity index (χ3v) is 3.82. The highest BCUT2D eigenvalue weighted by molar-refractivity contribution is 6.30. The van der Waals surface area contributed by atoms with Gasteiger partial charge in [-0.25, -0.2) is 4.68 Å². The van der Waals surface area contributed by atoms with Crippen molar-refractivity contribution in [2.45, 2.75) is 18.9 Å². The van der Waals surface area contributed by atoms with Crippen molar-refractivity contribution in [3.63, 3.8) is 0 Å². The number of nitrogens with one attached hydrogen (secondary N) is 2. The van der Waals surface area contributed by atoms with Crippen molar-refractivity contribution in [1.29, 1.82) is 0 Å². The zero-order valence-corrected chi connectivity index (χ0v) is 12.3. The second kappa shape index (κ2) is 6.28. The minimum Gasteiger partial charge on any atom is -0.350 e. The number of nitrogens with zero attached hydrogens (tertiary/aromatic N) is 2. The van der Waals surface area contributed by atoms with E-state index in [2.05, 4.69) is 15.7 Å². The lowest BCUT2D eigenvalue weighted by molar-refractivity contribution is 0.0950. The smallest absolute Gasteiger partial charge is 0.254 e. The van der Waals surface area contributed by atoms with E-state index in [4.69, 9.17) is 11.6 Å². The van der Waals surface area contributed by atoms with Gasteiger partial charge < -0.3 is 10.6 Å². The highest BCUT2D eigenvalue weighted by Crippen LogP contribution is 2.14. The number of carbonyl (C=O) groups excluding carboxylic acids is 1. The molecule has 21 heavy (non-hydrogen) atoms. The summed E-state index contributed by atoms with van der Waals surface area (Å²) in [5, 5.41) is 11.1. The van der Waals surface area contributed by atoms with Gasteiger partial charge in [0.1, 0.15) is 0 Å². The van der Waals surface area contributed by atoms with Crippen LogP contribution in [0.4, 0.5) is 0 Å². The molecule has 1 unspecified atom stereocenters. The molecule has 0 saturated carbocycles. The highest BCUT2D eigenvalue weighted by atomic mass is 35.5. The van der Waals surface area contributed by atoms with E-state index in [-0.39, 0.29) is 5.91 Å². The molecular formula is C15H17ClN4O. The van der Waals surface area contributed by atoms with Crippen LogP contribution < -0.4 is 10.6 Å². The van der Waals surface area contributed by atoms with Crippen LogP contribution in [0, 0.1) is 0 Å². The Bertz CT molecular complexity index is 634. The molecule has 1 aromatic carbocycles. The van der Waals surface area contributed by atoms with E-state index < -0.39 is 0 Å². The first kappa shape index (κ1) is 14.1. The molecule has 0 spiro atoms. The number of hydrogen-bond donors (Lipinski definition) is 2. The average Bonchev–Trinajstić information content (AvgIpc) is 3.16. The topological polar surface area (TPSA) is 59.0 Å². The Labute approximate surface area is 128 Å². The van der Waals surface area contributed by atoms with Gasteiger partial charge in [0.05, 0.1) is 17.4 Å². The Balaban J connectivity index is 1.65. The van der Waals surface area contributed by atoms with Crippen LogP contribution in [0.1, 0.15) is 23.2 Å². The molecule has 2 N–H and O–H groups in total. The van der Waals surface area contributed by atoms with Crippen LogP contribution in [0.2, 0.25) is 5.02 Å². The maximum atomic E-state index is 12.1. The molecule has 1 saturated heterocycles. The van der Waals surface area contributed by atoms with Gasteiger partial charge in [0, 0.05) is 23.8 Å². The molecule has 110 valence electrons.